The van der Waals surface area contributed by atoms with Crippen molar-refractivity contribution in [3.05, 3.63) is 129 Å². The monoisotopic (exact) mass is 666 g/mol. The number of benzene rings is 3. The summed E-state index contributed by atoms with van der Waals surface area (Å²) < 4.78 is 0. The zero-order chi connectivity index (χ0) is 32.8. The Balaban J connectivity index is 0.00000529. The van der Waals surface area contributed by atoms with Crippen LogP contribution in [0.15, 0.2) is 106 Å². The fourth-order valence-corrected chi connectivity index (χ4v) is 8.10. The van der Waals surface area contributed by atoms with E-state index < -0.39 is 32.6 Å². The molecule has 3 aromatic rings. The van der Waals surface area contributed by atoms with Gasteiger partial charge in [0, 0.05) is 16.5 Å². The maximum absolute atomic E-state index is 5.33. The van der Waals surface area contributed by atoms with Gasteiger partial charge in [0.2, 0.25) is 0 Å². The van der Waals surface area contributed by atoms with Crippen molar-refractivity contribution in [3.63, 3.8) is 0 Å². The van der Waals surface area contributed by atoms with Crippen molar-refractivity contribution in [2.45, 2.75) is 78.6 Å². The molecule has 10 heteroatoms. The van der Waals surface area contributed by atoms with Crippen molar-refractivity contribution in [1.82, 2.24) is 0 Å². The van der Waals surface area contributed by atoms with Gasteiger partial charge in [0.25, 0.3) is 0 Å². The molecule has 0 amide bonds. The van der Waals surface area contributed by atoms with E-state index in [1.165, 1.54) is 0 Å². The summed E-state index contributed by atoms with van der Waals surface area (Å²) >= 11 is 0. The Kier molecular flexibility index (Phi) is 16.1. The molecule has 0 radical (unpaired) electrons. The zero-order valence-electron chi connectivity index (χ0n) is 31.0. The number of hydrogen-bond acceptors (Lipinski definition) is 2. The summed E-state index contributed by atoms with van der Waals surface area (Å²) in [6.07, 6.45) is 0. The molecular formula is C36H52Li2N4Si4. The van der Waals surface area contributed by atoms with Crippen LogP contribution < -0.4 is 37.7 Å². The third-order valence-electron chi connectivity index (χ3n) is 5.99. The molecule has 0 saturated carbocycles. The molecule has 0 bridgehead atoms. The van der Waals surface area contributed by atoms with Gasteiger partial charge in [0.05, 0.1) is 16.1 Å². The molecule has 0 aliphatic heterocycles. The molecule has 0 spiro atoms. The van der Waals surface area contributed by atoms with Gasteiger partial charge >= 0.3 is 37.7 Å². The van der Waals surface area contributed by atoms with Gasteiger partial charge in [-0.25, -0.2) is 0 Å². The molecule has 0 saturated heterocycles. The minimum atomic E-state index is -1.88. The first-order valence-corrected chi connectivity index (χ1v) is 29.6. The molecule has 0 atom stereocenters. The van der Waals surface area contributed by atoms with E-state index in [4.69, 9.17) is 19.9 Å². The van der Waals surface area contributed by atoms with E-state index >= 15 is 0 Å². The van der Waals surface area contributed by atoms with Gasteiger partial charge in [0.15, 0.2) is 0 Å². The van der Waals surface area contributed by atoms with E-state index in [1.807, 2.05) is 0 Å². The van der Waals surface area contributed by atoms with Crippen molar-refractivity contribution in [2.75, 3.05) is 0 Å². The van der Waals surface area contributed by atoms with E-state index in [0.717, 1.165) is 45.3 Å². The van der Waals surface area contributed by atoms with Crippen LogP contribution in [0.3, 0.4) is 0 Å². The predicted octanol–water partition coefficient (Wildman–Crippen LogP) is 5.44. The van der Waals surface area contributed by atoms with Gasteiger partial charge in [-0.15, -0.1) is 0 Å². The van der Waals surface area contributed by atoms with Crippen LogP contribution in [-0.4, -0.2) is 44.3 Å². The number of nitrogens with zero attached hydrogens (tertiary/aromatic N) is 4. The molecule has 3 aromatic carbocycles. The molecular weight excluding hydrogens is 615 g/mol. The third kappa shape index (κ3) is 15.4. The molecule has 0 heterocycles. The van der Waals surface area contributed by atoms with Crippen LogP contribution in [-0.2, 0) is 0 Å². The predicted molar refractivity (Wildman–Crippen MR) is 208 cm³/mol. The van der Waals surface area contributed by atoms with E-state index in [2.05, 4.69) is 175 Å². The van der Waals surface area contributed by atoms with Crippen molar-refractivity contribution >= 4 is 55.7 Å². The number of rotatable bonds is 10. The fourth-order valence-electron chi connectivity index (χ4n) is 4.37. The standard InChI is InChI=1S/C36H52N4Si4.2Li/c1-41(2,3)27-33(29-20-15-13-16-21-29)37-35(39-43(7,8)9)31-24-19-25-32(26-31)36(40-44(10,11)12)38-34(28-42(4,5)6)30-22-17-14-18-23-30;;/h13-28H,1-12H3;;/q-2;2*+1/b33-27+,34-28+;;. The molecule has 0 unspecified atom stereocenters. The number of aliphatic imine (C=N–C) groups is 2. The zero-order valence-corrected chi connectivity index (χ0v) is 35.0. The summed E-state index contributed by atoms with van der Waals surface area (Å²) in [5, 5.41) is 0. The van der Waals surface area contributed by atoms with Gasteiger partial charge in [-0.2, -0.15) is 0 Å². The van der Waals surface area contributed by atoms with Crippen LogP contribution in [0.5, 0.6) is 0 Å². The first kappa shape index (κ1) is 42.2. The molecule has 0 aliphatic rings. The second-order valence-corrected chi connectivity index (χ2v) is 34.7. The van der Waals surface area contributed by atoms with Crippen LogP contribution in [0.25, 0.3) is 21.4 Å². The number of hydrogen-bond donors (Lipinski definition) is 0. The minimum absolute atomic E-state index is 0. The normalized spacial score (nSPS) is 13.8. The topological polar surface area (TPSA) is 52.9 Å². The van der Waals surface area contributed by atoms with Crippen LogP contribution in [0.1, 0.15) is 22.3 Å². The van der Waals surface area contributed by atoms with E-state index in [0.29, 0.717) is 0 Å². The fraction of sp³-hybridized carbons (Fsp3) is 0.333. The first-order valence-electron chi connectivity index (χ1n) is 15.6. The maximum Gasteiger partial charge on any atom is 1.00 e. The Morgan fingerprint density at radius 3 is 1.04 bits per heavy atom. The Morgan fingerprint density at radius 1 is 0.457 bits per heavy atom. The first-order chi connectivity index (χ1) is 20.3. The van der Waals surface area contributed by atoms with Gasteiger partial charge in [0.1, 0.15) is 0 Å². The smallest absolute Gasteiger partial charge is 0.472 e. The molecule has 46 heavy (non-hydrogen) atoms. The summed E-state index contributed by atoms with van der Waals surface area (Å²) in [5.74, 6) is 1.57. The summed E-state index contributed by atoms with van der Waals surface area (Å²) in [5.41, 5.74) is 11.0. The molecule has 234 valence electrons. The second-order valence-electron chi connectivity index (χ2n) is 15.5. The van der Waals surface area contributed by atoms with Crippen LogP contribution in [0.2, 0.25) is 78.6 Å². The largest absolute Gasteiger partial charge is 1.00 e. The van der Waals surface area contributed by atoms with Gasteiger partial charge in [-0.1, -0.05) is 180 Å². The number of amidine groups is 2. The summed E-state index contributed by atoms with van der Waals surface area (Å²) in [4.78, 5) is 21.3. The molecule has 0 aliphatic carbocycles. The third-order valence-corrected chi connectivity index (χ3v) is 10.0. The van der Waals surface area contributed by atoms with Gasteiger partial charge < -0.3 is 19.9 Å². The summed E-state index contributed by atoms with van der Waals surface area (Å²) in [7, 11) is -6.94. The Hall–Kier alpha value is -1.86. The van der Waals surface area contributed by atoms with Crippen molar-refractivity contribution in [2.24, 2.45) is 9.98 Å². The second kappa shape index (κ2) is 17.5. The summed E-state index contributed by atoms with van der Waals surface area (Å²) in [6, 6.07) is 29.6. The Bertz CT molecular complexity index is 1410. The van der Waals surface area contributed by atoms with Crippen molar-refractivity contribution in [1.29, 1.82) is 0 Å². The van der Waals surface area contributed by atoms with Gasteiger partial charge in [-0.05, 0) is 39.7 Å². The van der Waals surface area contributed by atoms with Crippen LogP contribution in [0, 0.1) is 0 Å². The van der Waals surface area contributed by atoms with E-state index in [9.17, 15) is 0 Å². The summed E-state index contributed by atoms with van der Waals surface area (Å²) in [6.45, 7) is 27.7. The molecule has 4 nitrogen and oxygen atoms in total. The SMILES string of the molecule is C[Si](C)(C)/C=C(/N=C([N-][Si](C)(C)C)c1cccc(C(=N/C(=C/[Si](C)(C)C)c2ccccc2)[N-][Si](C)(C)C)c1)c1ccccc1.[Li+].[Li+]. The van der Waals surface area contributed by atoms with E-state index in [-0.39, 0.29) is 37.7 Å². The quantitative estimate of drug-likeness (QED) is 0.157. The minimum Gasteiger partial charge on any atom is -0.472 e. The molecule has 3 rings (SSSR count). The van der Waals surface area contributed by atoms with Gasteiger partial charge in [-0.3, -0.25) is 0 Å². The Morgan fingerprint density at radius 2 is 0.761 bits per heavy atom. The molecule has 0 N–H and O–H groups in total. The van der Waals surface area contributed by atoms with Crippen LogP contribution in [0.4, 0.5) is 0 Å². The van der Waals surface area contributed by atoms with Crippen molar-refractivity contribution in [3.8, 4) is 0 Å². The molecule has 0 fully saturated rings. The van der Waals surface area contributed by atoms with E-state index in [1.54, 1.807) is 0 Å². The van der Waals surface area contributed by atoms with Crippen molar-refractivity contribution < 1.29 is 37.7 Å². The Labute approximate surface area is 308 Å². The molecule has 0 aromatic heterocycles. The van der Waals surface area contributed by atoms with Crippen LogP contribution >= 0.6 is 0 Å². The average Bonchev–Trinajstić information content (AvgIpc) is 2.89. The average molecular weight is 667 g/mol. The maximum atomic E-state index is 5.33.